The maximum atomic E-state index is 5.72. The molecule has 1 atom stereocenters. The lowest BCUT2D eigenvalue weighted by Gasteiger charge is -2.25. The SMILES string of the molecule is Cc1nccnc1N1CCCC1CN. The van der Waals surface area contributed by atoms with Gasteiger partial charge in [-0.25, -0.2) is 4.98 Å². The minimum absolute atomic E-state index is 0.449. The third-order valence-corrected chi connectivity index (χ3v) is 2.78. The fraction of sp³-hybridized carbons (Fsp3) is 0.600. The second kappa shape index (κ2) is 3.92. The molecule has 0 radical (unpaired) electrons. The summed E-state index contributed by atoms with van der Waals surface area (Å²) in [5.74, 6) is 1.00. The van der Waals surface area contributed by atoms with E-state index in [1.807, 2.05) is 6.92 Å². The first-order chi connectivity index (χ1) is 6.83. The molecule has 1 aromatic heterocycles. The summed E-state index contributed by atoms with van der Waals surface area (Å²) in [6.45, 7) is 3.76. The normalized spacial score (nSPS) is 21.6. The first-order valence-corrected chi connectivity index (χ1v) is 5.07. The maximum Gasteiger partial charge on any atom is 0.150 e. The molecule has 1 saturated heterocycles. The Bertz CT molecular complexity index is 313. The molecule has 0 aliphatic carbocycles. The zero-order valence-corrected chi connectivity index (χ0v) is 8.48. The van der Waals surface area contributed by atoms with Crippen LogP contribution in [0.15, 0.2) is 12.4 Å². The van der Waals surface area contributed by atoms with Crippen molar-refractivity contribution in [3.05, 3.63) is 18.1 Å². The minimum atomic E-state index is 0.449. The van der Waals surface area contributed by atoms with E-state index in [0.29, 0.717) is 12.6 Å². The zero-order valence-electron chi connectivity index (χ0n) is 8.48. The van der Waals surface area contributed by atoms with Crippen LogP contribution in [0.25, 0.3) is 0 Å². The molecule has 2 N–H and O–H groups in total. The Labute approximate surface area is 84.2 Å². The zero-order chi connectivity index (χ0) is 9.97. The molecule has 0 saturated carbocycles. The van der Waals surface area contributed by atoms with E-state index < -0.39 is 0 Å². The molecule has 14 heavy (non-hydrogen) atoms. The fourth-order valence-corrected chi connectivity index (χ4v) is 2.04. The largest absolute Gasteiger partial charge is 0.351 e. The molecule has 1 aliphatic rings. The van der Waals surface area contributed by atoms with Crippen LogP contribution in [-0.4, -0.2) is 29.1 Å². The van der Waals surface area contributed by atoms with Gasteiger partial charge in [0.15, 0.2) is 0 Å². The topological polar surface area (TPSA) is 55.0 Å². The van der Waals surface area contributed by atoms with Gasteiger partial charge in [-0.2, -0.15) is 0 Å². The standard InChI is InChI=1S/C10H16N4/c1-8-10(13-5-4-12-8)14-6-2-3-9(14)7-11/h4-5,9H,2-3,6-7,11H2,1H3. The number of rotatable bonds is 2. The lowest BCUT2D eigenvalue weighted by atomic mass is 10.2. The summed E-state index contributed by atoms with van der Waals surface area (Å²) in [6, 6.07) is 0.449. The Balaban J connectivity index is 2.26. The van der Waals surface area contributed by atoms with Crippen molar-refractivity contribution in [2.45, 2.75) is 25.8 Å². The lowest BCUT2D eigenvalue weighted by Crippen LogP contribution is -2.36. The van der Waals surface area contributed by atoms with Crippen molar-refractivity contribution in [2.24, 2.45) is 5.73 Å². The van der Waals surface area contributed by atoms with Gasteiger partial charge < -0.3 is 10.6 Å². The molecule has 1 unspecified atom stereocenters. The number of aryl methyl sites for hydroxylation is 1. The van der Waals surface area contributed by atoms with E-state index >= 15 is 0 Å². The molecule has 4 nitrogen and oxygen atoms in total. The predicted octanol–water partition coefficient (Wildman–Crippen LogP) is 0.713. The van der Waals surface area contributed by atoms with E-state index in [1.165, 1.54) is 12.8 Å². The Morgan fingerprint density at radius 1 is 1.50 bits per heavy atom. The molecule has 1 fully saturated rings. The van der Waals surface area contributed by atoms with Gasteiger partial charge in [-0.15, -0.1) is 0 Å². The maximum absolute atomic E-state index is 5.72. The van der Waals surface area contributed by atoms with Crippen molar-refractivity contribution in [2.75, 3.05) is 18.0 Å². The molecule has 2 rings (SSSR count). The smallest absolute Gasteiger partial charge is 0.150 e. The summed E-state index contributed by atoms with van der Waals surface area (Å²) < 4.78 is 0. The summed E-state index contributed by atoms with van der Waals surface area (Å²) >= 11 is 0. The fourth-order valence-electron chi connectivity index (χ4n) is 2.04. The number of hydrogen-bond donors (Lipinski definition) is 1. The highest BCUT2D eigenvalue weighted by atomic mass is 15.2. The third kappa shape index (κ3) is 1.57. The number of anilines is 1. The number of aromatic nitrogens is 2. The first-order valence-electron chi connectivity index (χ1n) is 5.07. The van der Waals surface area contributed by atoms with E-state index in [2.05, 4.69) is 14.9 Å². The number of nitrogens with zero attached hydrogens (tertiary/aromatic N) is 3. The summed E-state index contributed by atoms with van der Waals surface area (Å²) in [7, 11) is 0. The highest BCUT2D eigenvalue weighted by Crippen LogP contribution is 2.24. The third-order valence-electron chi connectivity index (χ3n) is 2.78. The Hall–Kier alpha value is -1.16. The minimum Gasteiger partial charge on any atom is -0.351 e. The molecule has 2 heterocycles. The average molecular weight is 192 g/mol. The van der Waals surface area contributed by atoms with Crippen LogP contribution in [0.1, 0.15) is 18.5 Å². The van der Waals surface area contributed by atoms with Crippen LogP contribution < -0.4 is 10.6 Å². The van der Waals surface area contributed by atoms with Gasteiger partial charge in [0.25, 0.3) is 0 Å². The van der Waals surface area contributed by atoms with E-state index in [4.69, 9.17) is 5.73 Å². The summed E-state index contributed by atoms with van der Waals surface area (Å²) in [5, 5.41) is 0. The van der Waals surface area contributed by atoms with Gasteiger partial charge in [-0.05, 0) is 19.8 Å². The van der Waals surface area contributed by atoms with Crippen molar-refractivity contribution in [1.82, 2.24) is 9.97 Å². The lowest BCUT2D eigenvalue weighted by molar-refractivity contribution is 0.668. The first kappa shape index (κ1) is 9.40. The molecule has 76 valence electrons. The second-order valence-corrected chi connectivity index (χ2v) is 3.69. The van der Waals surface area contributed by atoms with Gasteiger partial charge in [-0.3, -0.25) is 4.98 Å². The van der Waals surface area contributed by atoms with Crippen molar-refractivity contribution >= 4 is 5.82 Å². The van der Waals surface area contributed by atoms with E-state index in [9.17, 15) is 0 Å². The number of nitrogens with two attached hydrogens (primary N) is 1. The monoisotopic (exact) mass is 192 g/mol. The quantitative estimate of drug-likeness (QED) is 0.750. The van der Waals surface area contributed by atoms with Crippen LogP contribution in [0.2, 0.25) is 0 Å². The van der Waals surface area contributed by atoms with Crippen molar-refractivity contribution in [3.8, 4) is 0 Å². The van der Waals surface area contributed by atoms with Gasteiger partial charge in [0.1, 0.15) is 5.82 Å². The Morgan fingerprint density at radius 3 is 3.00 bits per heavy atom. The molecule has 0 spiro atoms. The summed E-state index contributed by atoms with van der Waals surface area (Å²) in [6.07, 6.45) is 5.85. The molecule has 4 heteroatoms. The van der Waals surface area contributed by atoms with Crippen LogP contribution in [0, 0.1) is 6.92 Å². The van der Waals surface area contributed by atoms with Gasteiger partial charge in [0.2, 0.25) is 0 Å². The highest BCUT2D eigenvalue weighted by Gasteiger charge is 2.25. The molecule has 0 amide bonds. The van der Waals surface area contributed by atoms with Crippen molar-refractivity contribution < 1.29 is 0 Å². The van der Waals surface area contributed by atoms with Crippen molar-refractivity contribution in [1.29, 1.82) is 0 Å². The van der Waals surface area contributed by atoms with Gasteiger partial charge in [0.05, 0.1) is 5.69 Å². The van der Waals surface area contributed by atoms with E-state index in [0.717, 1.165) is 18.1 Å². The highest BCUT2D eigenvalue weighted by molar-refractivity contribution is 5.44. The second-order valence-electron chi connectivity index (χ2n) is 3.69. The van der Waals surface area contributed by atoms with Crippen molar-refractivity contribution in [3.63, 3.8) is 0 Å². The Morgan fingerprint density at radius 2 is 2.29 bits per heavy atom. The molecule has 1 aliphatic heterocycles. The van der Waals surface area contributed by atoms with Crippen LogP contribution in [0.3, 0.4) is 0 Å². The van der Waals surface area contributed by atoms with Gasteiger partial charge in [-0.1, -0.05) is 0 Å². The average Bonchev–Trinajstić information content (AvgIpc) is 2.66. The molecule has 1 aromatic rings. The van der Waals surface area contributed by atoms with Crippen LogP contribution in [-0.2, 0) is 0 Å². The molecule has 0 bridgehead atoms. The van der Waals surface area contributed by atoms with Crippen LogP contribution in [0.5, 0.6) is 0 Å². The van der Waals surface area contributed by atoms with E-state index in [-0.39, 0.29) is 0 Å². The van der Waals surface area contributed by atoms with Gasteiger partial charge >= 0.3 is 0 Å². The van der Waals surface area contributed by atoms with Crippen LogP contribution in [0.4, 0.5) is 5.82 Å². The summed E-state index contributed by atoms with van der Waals surface area (Å²) in [4.78, 5) is 10.9. The summed E-state index contributed by atoms with van der Waals surface area (Å²) in [5.41, 5.74) is 6.72. The van der Waals surface area contributed by atoms with Crippen LogP contribution >= 0.6 is 0 Å². The molecular weight excluding hydrogens is 176 g/mol. The van der Waals surface area contributed by atoms with Gasteiger partial charge in [0, 0.05) is 31.5 Å². The van der Waals surface area contributed by atoms with E-state index in [1.54, 1.807) is 12.4 Å². The Kier molecular flexibility index (Phi) is 2.63. The molecular formula is C10H16N4. The number of hydrogen-bond acceptors (Lipinski definition) is 4. The molecule has 0 aromatic carbocycles. The predicted molar refractivity (Wildman–Crippen MR) is 56.2 cm³/mol.